The molecule has 0 aromatic carbocycles. The molecular formula is C12H16N2O2. The van der Waals surface area contributed by atoms with E-state index in [1.165, 1.54) is 0 Å². The Morgan fingerprint density at radius 3 is 3.00 bits per heavy atom. The molecule has 0 unspecified atom stereocenters. The number of hydrogen-bond acceptors (Lipinski definition) is 3. The standard InChI is InChI=1S/C12H16N2O2/c1-3-16-11-6-4-5-10(13-11)14-12(15)9-7-8(9)2/h4-6,8-9H,3,7H2,1-2H3,(H,13,14,15)/t8-,9+/m1/s1. The zero-order chi connectivity index (χ0) is 11.5. The van der Waals surface area contributed by atoms with Crippen LogP contribution in [0.4, 0.5) is 5.82 Å². The molecule has 0 radical (unpaired) electrons. The molecule has 1 amide bonds. The highest BCUT2D eigenvalue weighted by molar-refractivity contribution is 5.93. The largest absolute Gasteiger partial charge is 0.478 e. The van der Waals surface area contributed by atoms with E-state index in [0.29, 0.717) is 24.2 Å². The minimum atomic E-state index is 0.0636. The van der Waals surface area contributed by atoms with Crippen molar-refractivity contribution in [2.24, 2.45) is 11.8 Å². The van der Waals surface area contributed by atoms with Gasteiger partial charge in [-0.3, -0.25) is 4.79 Å². The summed E-state index contributed by atoms with van der Waals surface area (Å²) >= 11 is 0. The van der Waals surface area contributed by atoms with Gasteiger partial charge >= 0.3 is 0 Å². The summed E-state index contributed by atoms with van der Waals surface area (Å²) in [5.74, 6) is 1.85. The maximum absolute atomic E-state index is 11.7. The van der Waals surface area contributed by atoms with Gasteiger partial charge in [-0.15, -0.1) is 0 Å². The molecule has 1 fully saturated rings. The van der Waals surface area contributed by atoms with Crippen molar-refractivity contribution in [1.82, 2.24) is 4.98 Å². The number of carbonyl (C=O) groups excluding carboxylic acids is 1. The van der Waals surface area contributed by atoms with Crippen LogP contribution >= 0.6 is 0 Å². The predicted octanol–water partition coefficient (Wildman–Crippen LogP) is 2.07. The van der Waals surface area contributed by atoms with E-state index in [9.17, 15) is 4.79 Å². The van der Waals surface area contributed by atoms with E-state index >= 15 is 0 Å². The third kappa shape index (κ3) is 2.51. The zero-order valence-corrected chi connectivity index (χ0v) is 9.56. The first kappa shape index (κ1) is 10.9. The van der Waals surface area contributed by atoms with Crippen LogP contribution in [-0.4, -0.2) is 17.5 Å². The van der Waals surface area contributed by atoms with Crippen LogP contribution in [0.5, 0.6) is 5.88 Å². The summed E-state index contributed by atoms with van der Waals surface area (Å²) in [5.41, 5.74) is 0. The maximum Gasteiger partial charge on any atom is 0.228 e. The Morgan fingerprint density at radius 1 is 1.62 bits per heavy atom. The molecule has 4 nitrogen and oxygen atoms in total. The summed E-state index contributed by atoms with van der Waals surface area (Å²) in [6.07, 6.45) is 0.983. The highest BCUT2D eigenvalue weighted by Crippen LogP contribution is 2.38. The number of amides is 1. The van der Waals surface area contributed by atoms with Gasteiger partial charge in [0.2, 0.25) is 11.8 Å². The molecule has 2 rings (SSSR count). The van der Waals surface area contributed by atoms with Crippen molar-refractivity contribution in [3.05, 3.63) is 18.2 Å². The second-order valence-electron chi connectivity index (χ2n) is 4.10. The highest BCUT2D eigenvalue weighted by atomic mass is 16.5. The van der Waals surface area contributed by atoms with Crippen LogP contribution in [0.15, 0.2) is 18.2 Å². The lowest BCUT2D eigenvalue weighted by Gasteiger charge is -2.06. The van der Waals surface area contributed by atoms with Crippen molar-refractivity contribution in [1.29, 1.82) is 0 Å². The first-order valence-electron chi connectivity index (χ1n) is 5.61. The number of aromatic nitrogens is 1. The number of nitrogens with one attached hydrogen (secondary N) is 1. The van der Waals surface area contributed by atoms with E-state index in [4.69, 9.17) is 4.74 Å². The second-order valence-corrected chi connectivity index (χ2v) is 4.10. The normalized spacial score (nSPS) is 22.6. The average molecular weight is 220 g/mol. The Bertz CT molecular complexity index is 392. The lowest BCUT2D eigenvalue weighted by molar-refractivity contribution is -0.117. The van der Waals surface area contributed by atoms with Crippen molar-refractivity contribution in [2.75, 3.05) is 11.9 Å². The fourth-order valence-corrected chi connectivity index (χ4v) is 1.62. The van der Waals surface area contributed by atoms with E-state index in [0.717, 1.165) is 6.42 Å². The molecule has 1 saturated carbocycles. The van der Waals surface area contributed by atoms with Crippen molar-refractivity contribution >= 4 is 11.7 Å². The molecule has 0 aliphatic heterocycles. The summed E-state index contributed by atoms with van der Waals surface area (Å²) in [7, 11) is 0. The third-order valence-electron chi connectivity index (χ3n) is 2.71. The Kier molecular flexibility index (Phi) is 3.08. The van der Waals surface area contributed by atoms with Gasteiger partial charge in [0.1, 0.15) is 5.82 Å². The first-order chi connectivity index (χ1) is 7.70. The molecule has 1 aliphatic carbocycles. The van der Waals surface area contributed by atoms with Crippen LogP contribution in [0.3, 0.4) is 0 Å². The Morgan fingerprint density at radius 2 is 2.38 bits per heavy atom. The van der Waals surface area contributed by atoms with Crippen LogP contribution in [0.25, 0.3) is 0 Å². The molecule has 1 aromatic heterocycles. The lowest BCUT2D eigenvalue weighted by atomic mass is 10.3. The molecule has 1 aromatic rings. The molecule has 0 spiro atoms. The number of carbonyl (C=O) groups is 1. The summed E-state index contributed by atoms with van der Waals surface area (Å²) < 4.78 is 5.26. The Labute approximate surface area is 95.0 Å². The van der Waals surface area contributed by atoms with Gasteiger partial charge in [-0.1, -0.05) is 13.0 Å². The van der Waals surface area contributed by atoms with Gasteiger partial charge in [-0.05, 0) is 25.3 Å². The van der Waals surface area contributed by atoms with Gasteiger partial charge in [0.05, 0.1) is 6.61 Å². The van der Waals surface area contributed by atoms with Crippen molar-refractivity contribution < 1.29 is 9.53 Å². The van der Waals surface area contributed by atoms with Crippen molar-refractivity contribution in [3.8, 4) is 5.88 Å². The molecule has 4 heteroatoms. The fraction of sp³-hybridized carbons (Fsp3) is 0.500. The summed E-state index contributed by atoms with van der Waals surface area (Å²) in [5, 5.41) is 2.80. The predicted molar refractivity (Wildman–Crippen MR) is 61.3 cm³/mol. The van der Waals surface area contributed by atoms with E-state index in [1.807, 2.05) is 13.0 Å². The molecule has 0 saturated heterocycles. The van der Waals surface area contributed by atoms with Crippen LogP contribution in [-0.2, 0) is 4.79 Å². The number of hydrogen-bond donors (Lipinski definition) is 1. The lowest BCUT2D eigenvalue weighted by Crippen LogP contribution is -2.15. The highest BCUT2D eigenvalue weighted by Gasteiger charge is 2.39. The summed E-state index contributed by atoms with van der Waals surface area (Å²) in [6.45, 7) is 4.55. The Hall–Kier alpha value is -1.58. The van der Waals surface area contributed by atoms with Crippen LogP contribution in [0.2, 0.25) is 0 Å². The number of rotatable bonds is 4. The first-order valence-corrected chi connectivity index (χ1v) is 5.61. The minimum Gasteiger partial charge on any atom is -0.478 e. The van der Waals surface area contributed by atoms with E-state index in [2.05, 4.69) is 17.2 Å². The molecule has 2 atom stereocenters. The molecular weight excluding hydrogens is 204 g/mol. The smallest absolute Gasteiger partial charge is 0.228 e. The van der Waals surface area contributed by atoms with Gasteiger partial charge < -0.3 is 10.1 Å². The van der Waals surface area contributed by atoms with Crippen LogP contribution < -0.4 is 10.1 Å². The molecule has 1 N–H and O–H groups in total. The summed E-state index contributed by atoms with van der Waals surface area (Å²) in [6, 6.07) is 5.37. The van der Waals surface area contributed by atoms with E-state index < -0.39 is 0 Å². The molecule has 86 valence electrons. The summed E-state index contributed by atoms with van der Waals surface area (Å²) in [4.78, 5) is 15.8. The SMILES string of the molecule is CCOc1cccc(NC(=O)[C@H]2C[C@H]2C)n1. The van der Waals surface area contributed by atoms with Gasteiger partial charge in [-0.25, -0.2) is 0 Å². The molecule has 0 bridgehead atoms. The number of pyridine rings is 1. The maximum atomic E-state index is 11.7. The average Bonchev–Trinajstić information content (AvgIpc) is 2.97. The molecule has 1 aliphatic rings. The number of ether oxygens (including phenoxy) is 1. The van der Waals surface area contributed by atoms with Crippen molar-refractivity contribution in [3.63, 3.8) is 0 Å². The van der Waals surface area contributed by atoms with Crippen molar-refractivity contribution in [2.45, 2.75) is 20.3 Å². The third-order valence-corrected chi connectivity index (χ3v) is 2.71. The number of nitrogens with zero attached hydrogens (tertiary/aromatic N) is 1. The van der Waals surface area contributed by atoms with Crippen LogP contribution in [0, 0.1) is 11.8 Å². The van der Waals surface area contributed by atoms with E-state index in [-0.39, 0.29) is 11.8 Å². The van der Waals surface area contributed by atoms with Gasteiger partial charge in [-0.2, -0.15) is 4.98 Å². The second kappa shape index (κ2) is 4.51. The zero-order valence-electron chi connectivity index (χ0n) is 9.56. The van der Waals surface area contributed by atoms with Gasteiger partial charge in [0.25, 0.3) is 0 Å². The monoisotopic (exact) mass is 220 g/mol. The Balaban J connectivity index is 1.98. The van der Waals surface area contributed by atoms with Crippen LogP contribution in [0.1, 0.15) is 20.3 Å². The quantitative estimate of drug-likeness (QED) is 0.845. The number of anilines is 1. The molecule has 16 heavy (non-hydrogen) atoms. The topological polar surface area (TPSA) is 51.2 Å². The van der Waals surface area contributed by atoms with E-state index in [1.54, 1.807) is 12.1 Å². The van der Waals surface area contributed by atoms with Gasteiger partial charge in [0.15, 0.2) is 0 Å². The fourth-order valence-electron chi connectivity index (χ4n) is 1.62. The molecule has 1 heterocycles. The van der Waals surface area contributed by atoms with Gasteiger partial charge in [0, 0.05) is 12.0 Å². The minimum absolute atomic E-state index is 0.0636.